The van der Waals surface area contributed by atoms with E-state index in [1.54, 1.807) is 50.2 Å². The van der Waals surface area contributed by atoms with E-state index in [9.17, 15) is 13.6 Å². The lowest BCUT2D eigenvalue weighted by Crippen LogP contribution is -2.47. The van der Waals surface area contributed by atoms with Gasteiger partial charge in [0.2, 0.25) is 0 Å². The fraction of sp³-hybridized carbons (Fsp3) is 0.350. The number of amides is 1. The number of nitrogens with one attached hydrogen (secondary N) is 1. The van der Waals surface area contributed by atoms with Gasteiger partial charge in [-0.25, -0.2) is 0 Å². The Morgan fingerprint density at radius 2 is 1.82 bits per heavy atom. The number of rotatable bonds is 9. The van der Waals surface area contributed by atoms with Gasteiger partial charge in [0.15, 0.2) is 17.1 Å². The molecule has 0 fully saturated rings. The molecule has 5 nitrogen and oxygen atoms in total. The number of carbonyl (C=O) groups is 1. The molecule has 2 aromatic carbocycles. The molecule has 0 saturated heterocycles. The molecule has 0 aliphatic heterocycles. The molecule has 2 aromatic rings. The summed E-state index contributed by atoms with van der Waals surface area (Å²) in [6.07, 6.45) is 0.480. The van der Waals surface area contributed by atoms with Crippen LogP contribution in [-0.2, 0) is 11.2 Å². The van der Waals surface area contributed by atoms with Crippen molar-refractivity contribution in [2.24, 2.45) is 0 Å². The SMILES string of the molecule is COc1cc(CCNC(=O)C(C)(C)Oc2ccc(Cl)cc2)ccc1OC(F)F. The van der Waals surface area contributed by atoms with Crippen molar-refractivity contribution in [1.82, 2.24) is 5.32 Å². The standard InChI is InChI=1S/C20H22ClF2NO4/c1-20(2,28-15-7-5-14(21)6-8-15)18(25)24-11-10-13-4-9-16(27-19(22)23)17(12-13)26-3/h4-9,12,19H,10-11H2,1-3H3,(H,24,25). The molecule has 0 aliphatic rings. The van der Waals surface area contributed by atoms with Gasteiger partial charge in [-0.15, -0.1) is 0 Å². The summed E-state index contributed by atoms with van der Waals surface area (Å²) in [5.41, 5.74) is -0.282. The highest BCUT2D eigenvalue weighted by molar-refractivity contribution is 6.30. The van der Waals surface area contributed by atoms with E-state index in [1.807, 2.05) is 0 Å². The summed E-state index contributed by atoms with van der Waals surface area (Å²) in [5.74, 6) is 0.411. The number of carbonyl (C=O) groups excluding carboxylic acids is 1. The zero-order valence-electron chi connectivity index (χ0n) is 15.8. The average molecular weight is 414 g/mol. The van der Waals surface area contributed by atoms with E-state index < -0.39 is 12.2 Å². The first-order valence-corrected chi connectivity index (χ1v) is 8.93. The molecular weight excluding hydrogens is 392 g/mol. The Morgan fingerprint density at radius 3 is 2.43 bits per heavy atom. The molecule has 0 bridgehead atoms. The van der Waals surface area contributed by atoms with E-state index in [2.05, 4.69) is 10.1 Å². The lowest BCUT2D eigenvalue weighted by atomic mass is 10.1. The Labute approximate surface area is 167 Å². The zero-order valence-corrected chi connectivity index (χ0v) is 16.6. The summed E-state index contributed by atoms with van der Waals surface area (Å²) in [5, 5.41) is 3.38. The first kappa shape index (κ1) is 21.8. The van der Waals surface area contributed by atoms with Crippen LogP contribution in [0.3, 0.4) is 0 Å². The molecule has 1 amide bonds. The van der Waals surface area contributed by atoms with Crippen LogP contribution in [0.25, 0.3) is 0 Å². The zero-order chi connectivity index (χ0) is 20.7. The maximum Gasteiger partial charge on any atom is 0.387 e. The number of halogens is 3. The van der Waals surface area contributed by atoms with Crippen molar-refractivity contribution in [2.45, 2.75) is 32.5 Å². The summed E-state index contributed by atoms with van der Waals surface area (Å²) < 4.78 is 39.9. The minimum absolute atomic E-state index is 0.0391. The van der Waals surface area contributed by atoms with E-state index in [0.717, 1.165) is 5.56 Å². The molecule has 28 heavy (non-hydrogen) atoms. The number of hydrogen-bond acceptors (Lipinski definition) is 4. The third kappa shape index (κ3) is 6.27. The molecule has 0 aromatic heterocycles. The Kier molecular flexibility index (Phi) is 7.45. The molecule has 0 heterocycles. The van der Waals surface area contributed by atoms with Crippen molar-refractivity contribution < 1.29 is 27.8 Å². The van der Waals surface area contributed by atoms with Crippen LogP contribution in [0.2, 0.25) is 5.02 Å². The summed E-state index contributed by atoms with van der Waals surface area (Å²) in [6.45, 7) is 0.735. The average Bonchev–Trinajstić information content (AvgIpc) is 2.64. The minimum Gasteiger partial charge on any atom is -0.493 e. The topological polar surface area (TPSA) is 56.8 Å². The normalized spacial score (nSPS) is 11.2. The third-order valence-electron chi connectivity index (χ3n) is 3.88. The second kappa shape index (κ2) is 9.59. The molecule has 0 unspecified atom stereocenters. The summed E-state index contributed by atoms with van der Waals surface area (Å²) >= 11 is 5.84. The van der Waals surface area contributed by atoms with E-state index >= 15 is 0 Å². The summed E-state index contributed by atoms with van der Waals surface area (Å²) in [4.78, 5) is 12.4. The fourth-order valence-electron chi connectivity index (χ4n) is 2.44. The molecule has 2 rings (SSSR count). The largest absolute Gasteiger partial charge is 0.493 e. The van der Waals surface area contributed by atoms with Crippen molar-refractivity contribution in [1.29, 1.82) is 0 Å². The molecule has 0 spiro atoms. The second-order valence-corrected chi connectivity index (χ2v) is 6.87. The maximum atomic E-state index is 12.4. The molecule has 0 saturated carbocycles. The third-order valence-corrected chi connectivity index (χ3v) is 4.13. The van der Waals surface area contributed by atoms with Crippen LogP contribution in [0.5, 0.6) is 17.2 Å². The van der Waals surface area contributed by atoms with Gasteiger partial charge in [-0.3, -0.25) is 4.79 Å². The van der Waals surface area contributed by atoms with Crippen LogP contribution in [-0.4, -0.2) is 31.8 Å². The first-order chi connectivity index (χ1) is 13.2. The van der Waals surface area contributed by atoms with Crippen LogP contribution in [0, 0.1) is 0 Å². The molecule has 0 atom stereocenters. The van der Waals surface area contributed by atoms with Gasteiger partial charge < -0.3 is 19.5 Å². The summed E-state index contributed by atoms with van der Waals surface area (Å²) in [7, 11) is 1.37. The first-order valence-electron chi connectivity index (χ1n) is 8.56. The van der Waals surface area contributed by atoms with Gasteiger partial charge in [0.05, 0.1) is 7.11 Å². The molecule has 0 aliphatic carbocycles. The molecule has 8 heteroatoms. The van der Waals surface area contributed by atoms with Gasteiger partial charge in [0, 0.05) is 11.6 Å². The molecule has 0 radical (unpaired) electrons. The van der Waals surface area contributed by atoms with Crippen molar-refractivity contribution in [3.63, 3.8) is 0 Å². The van der Waals surface area contributed by atoms with Crippen LogP contribution in [0.1, 0.15) is 19.4 Å². The van der Waals surface area contributed by atoms with E-state index in [4.69, 9.17) is 21.1 Å². The predicted octanol–water partition coefficient (Wildman–Crippen LogP) is 4.47. The van der Waals surface area contributed by atoms with Crippen LogP contribution in [0.4, 0.5) is 8.78 Å². The van der Waals surface area contributed by atoms with Gasteiger partial charge in [-0.05, 0) is 62.2 Å². The molecular formula is C20H22ClF2NO4. The monoisotopic (exact) mass is 413 g/mol. The van der Waals surface area contributed by atoms with Gasteiger partial charge >= 0.3 is 6.61 Å². The van der Waals surface area contributed by atoms with Gasteiger partial charge in [-0.1, -0.05) is 17.7 Å². The molecule has 1 N–H and O–H groups in total. The smallest absolute Gasteiger partial charge is 0.387 e. The second-order valence-electron chi connectivity index (χ2n) is 6.44. The quantitative estimate of drug-likeness (QED) is 0.659. The van der Waals surface area contributed by atoms with Gasteiger partial charge in [0.1, 0.15) is 5.75 Å². The minimum atomic E-state index is -2.93. The highest BCUT2D eigenvalue weighted by atomic mass is 35.5. The van der Waals surface area contributed by atoms with Crippen molar-refractivity contribution in [2.75, 3.05) is 13.7 Å². The Balaban J connectivity index is 1.90. The number of alkyl halides is 2. The highest BCUT2D eigenvalue weighted by Crippen LogP contribution is 2.29. The fourth-order valence-corrected chi connectivity index (χ4v) is 2.56. The lowest BCUT2D eigenvalue weighted by molar-refractivity contribution is -0.134. The number of ether oxygens (including phenoxy) is 3. The van der Waals surface area contributed by atoms with Crippen LogP contribution in [0.15, 0.2) is 42.5 Å². The van der Waals surface area contributed by atoms with Crippen molar-refractivity contribution in [3.05, 3.63) is 53.1 Å². The molecule has 152 valence electrons. The van der Waals surface area contributed by atoms with Gasteiger partial charge in [0.25, 0.3) is 5.91 Å². The maximum absolute atomic E-state index is 12.4. The van der Waals surface area contributed by atoms with Crippen LogP contribution < -0.4 is 19.5 Å². The van der Waals surface area contributed by atoms with E-state index in [1.165, 1.54) is 13.2 Å². The predicted molar refractivity (Wildman–Crippen MR) is 102 cm³/mol. The van der Waals surface area contributed by atoms with E-state index in [0.29, 0.717) is 23.7 Å². The summed E-state index contributed by atoms with van der Waals surface area (Å²) in [6, 6.07) is 11.4. The van der Waals surface area contributed by atoms with Crippen molar-refractivity contribution >= 4 is 17.5 Å². The Bertz CT molecular complexity index is 797. The van der Waals surface area contributed by atoms with Crippen LogP contribution >= 0.6 is 11.6 Å². The Hall–Kier alpha value is -2.54. The number of methoxy groups -OCH3 is 1. The number of hydrogen-bond donors (Lipinski definition) is 1. The number of benzene rings is 2. The highest BCUT2D eigenvalue weighted by Gasteiger charge is 2.29. The Morgan fingerprint density at radius 1 is 1.14 bits per heavy atom. The lowest BCUT2D eigenvalue weighted by Gasteiger charge is -2.25. The van der Waals surface area contributed by atoms with Crippen molar-refractivity contribution in [3.8, 4) is 17.2 Å². The van der Waals surface area contributed by atoms with E-state index in [-0.39, 0.29) is 17.4 Å². The van der Waals surface area contributed by atoms with Gasteiger partial charge in [-0.2, -0.15) is 8.78 Å².